The van der Waals surface area contributed by atoms with E-state index in [0.717, 1.165) is 24.8 Å². The minimum atomic E-state index is -0.290. The molecule has 0 fully saturated rings. The summed E-state index contributed by atoms with van der Waals surface area (Å²) in [6, 6.07) is 0. The fourth-order valence-electron chi connectivity index (χ4n) is 1.30. The van der Waals surface area contributed by atoms with E-state index >= 15 is 0 Å². The van der Waals surface area contributed by atoms with Gasteiger partial charge in [0.2, 0.25) is 0 Å². The Morgan fingerprint density at radius 2 is 2.18 bits per heavy atom. The summed E-state index contributed by atoms with van der Waals surface area (Å²) in [7, 11) is 0. The molecule has 0 amide bonds. The van der Waals surface area contributed by atoms with Crippen molar-refractivity contribution in [3.63, 3.8) is 0 Å². The number of Topliss-reactive ketones (excluding diaryl/α,β-unsaturated/α-hetero) is 1. The van der Waals surface area contributed by atoms with Crippen LogP contribution in [0.15, 0.2) is 11.1 Å². The molecule has 2 heteroatoms. The Balaban J connectivity index is 2.53. The standard InChI is InChI=1S/C9H13ClO/c1-3-4-5-7-6(2)9(11)8(7)10/h8H,3-5H2,1-2H3. The van der Waals surface area contributed by atoms with E-state index < -0.39 is 0 Å². The zero-order valence-corrected chi connectivity index (χ0v) is 7.74. The van der Waals surface area contributed by atoms with E-state index in [-0.39, 0.29) is 11.2 Å². The molecule has 1 nitrogen and oxygen atoms in total. The molecule has 0 aromatic carbocycles. The van der Waals surface area contributed by atoms with E-state index in [2.05, 4.69) is 6.92 Å². The average molecular weight is 173 g/mol. The van der Waals surface area contributed by atoms with Gasteiger partial charge >= 0.3 is 0 Å². The van der Waals surface area contributed by atoms with Crippen LogP contribution in [0.2, 0.25) is 0 Å². The number of carbonyl (C=O) groups is 1. The van der Waals surface area contributed by atoms with Crippen LogP contribution in [0, 0.1) is 0 Å². The smallest absolute Gasteiger partial charge is 0.180 e. The highest BCUT2D eigenvalue weighted by atomic mass is 35.5. The summed E-state index contributed by atoms with van der Waals surface area (Å²) in [4.78, 5) is 10.9. The van der Waals surface area contributed by atoms with Crippen molar-refractivity contribution in [1.82, 2.24) is 0 Å². The number of unbranched alkanes of at least 4 members (excludes halogenated alkanes) is 1. The average Bonchev–Trinajstić information content (AvgIpc) is 2.04. The van der Waals surface area contributed by atoms with E-state index in [1.807, 2.05) is 6.92 Å². The molecule has 1 unspecified atom stereocenters. The van der Waals surface area contributed by atoms with Gasteiger partial charge in [-0.2, -0.15) is 0 Å². The monoisotopic (exact) mass is 172 g/mol. The van der Waals surface area contributed by atoms with Crippen LogP contribution in [0.4, 0.5) is 0 Å². The summed E-state index contributed by atoms with van der Waals surface area (Å²) in [6.45, 7) is 4.01. The van der Waals surface area contributed by atoms with Gasteiger partial charge in [-0.1, -0.05) is 13.3 Å². The number of hydrogen-bond donors (Lipinski definition) is 0. The molecule has 1 rings (SSSR count). The lowest BCUT2D eigenvalue weighted by Crippen LogP contribution is -2.30. The second kappa shape index (κ2) is 3.40. The van der Waals surface area contributed by atoms with Crippen molar-refractivity contribution >= 4 is 17.4 Å². The third-order valence-corrected chi connectivity index (χ3v) is 2.65. The number of alkyl halides is 1. The minimum Gasteiger partial charge on any atom is -0.293 e. The quantitative estimate of drug-likeness (QED) is 0.599. The minimum absolute atomic E-state index is 0.123. The highest BCUT2D eigenvalue weighted by Gasteiger charge is 2.33. The van der Waals surface area contributed by atoms with Crippen molar-refractivity contribution in [2.24, 2.45) is 0 Å². The van der Waals surface area contributed by atoms with Crippen LogP contribution < -0.4 is 0 Å². The van der Waals surface area contributed by atoms with Gasteiger partial charge in [0.1, 0.15) is 5.38 Å². The van der Waals surface area contributed by atoms with Crippen LogP contribution in [0.1, 0.15) is 33.1 Å². The molecule has 0 saturated heterocycles. The summed E-state index contributed by atoms with van der Waals surface area (Å²) < 4.78 is 0. The molecule has 11 heavy (non-hydrogen) atoms. The van der Waals surface area contributed by atoms with E-state index in [1.54, 1.807) is 0 Å². The van der Waals surface area contributed by atoms with Gasteiger partial charge in [-0.15, -0.1) is 11.6 Å². The van der Waals surface area contributed by atoms with E-state index in [9.17, 15) is 4.79 Å². The van der Waals surface area contributed by atoms with Crippen molar-refractivity contribution < 1.29 is 4.79 Å². The highest BCUT2D eigenvalue weighted by molar-refractivity contribution is 6.39. The van der Waals surface area contributed by atoms with E-state index in [0.29, 0.717) is 0 Å². The second-order valence-electron chi connectivity index (χ2n) is 2.98. The van der Waals surface area contributed by atoms with Crippen LogP contribution in [0.25, 0.3) is 0 Å². The maximum Gasteiger partial charge on any atom is 0.180 e. The first-order valence-corrected chi connectivity index (χ1v) is 4.50. The number of allylic oxidation sites excluding steroid dienone is 2. The molecule has 62 valence electrons. The van der Waals surface area contributed by atoms with Gasteiger partial charge in [0.05, 0.1) is 0 Å². The molecule has 1 atom stereocenters. The molecule has 1 aliphatic carbocycles. The van der Waals surface area contributed by atoms with Gasteiger partial charge in [-0.3, -0.25) is 4.79 Å². The molecule has 0 radical (unpaired) electrons. The Morgan fingerprint density at radius 3 is 2.64 bits per heavy atom. The molecular formula is C9H13ClO. The summed E-state index contributed by atoms with van der Waals surface area (Å²) in [5, 5.41) is -0.290. The molecule has 0 aromatic rings. The van der Waals surface area contributed by atoms with Gasteiger partial charge in [-0.25, -0.2) is 0 Å². The molecule has 1 aliphatic rings. The van der Waals surface area contributed by atoms with Gasteiger partial charge in [0.15, 0.2) is 5.78 Å². The van der Waals surface area contributed by atoms with Crippen LogP contribution in [0.3, 0.4) is 0 Å². The SMILES string of the molecule is CCCCC1=C(C)C(=O)C1Cl. The molecule has 0 saturated carbocycles. The van der Waals surface area contributed by atoms with E-state index in [1.165, 1.54) is 5.57 Å². The molecule has 0 N–H and O–H groups in total. The Morgan fingerprint density at radius 1 is 1.55 bits per heavy atom. The molecule has 0 spiro atoms. The largest absolute Gasteiger partial charge is 0.293 e. The lowest BCUT2D eigenvalue weighted by molar-refractivity contribution is -0.116. The van der Waals surface area contributed by atoms with Gasteiger partial charge in [-0.05, 0) is 30.9 Å². The predicted molar refractivity (Wildman–Crippen MR) is 46.9 cm³/mol. The van der Waals surface area contributed by atoms with Gasteiger partial charge in [0, 0.05) is 0 Å². The summed E-state index contributed by atoms with van der Waals surface area (Å²) in [5.74, 6) is 0.123. The van der Waals surface area contributed by atoms with Gasteiger partial charge in [0.25, 0.3) is 0 Å². The second-order valence-corrected chi connectivity index (χ2v) is 3.42. The number of rotatable bonds is 3. The molecule has 0 heterocycles. The maximum atomic E-state index is 10.9. The highest BCUT2D eigenvalue weighted by Crippen LogP contribution is 2.32. The zero-order valence-electron chi connectivity index (χ0n) is 6.98. The Labute approximate surface area is 72.4 Å². The molecular weight excluding hydrogens is 160 g/mol. The first-order valence-electron chi connectivity index (χ1n) is 4.06. The third kappa shape index (κ3) is 1.48. The maximum absolute atomic E-state index is 10.9. The number of carbonyl (C=O) groups excluding carboxylic acids is 1. The van der Waals surface area contributed by atoms with E-state index in [4.69, 9.17) is 11.6 Å². The van der Waals surface area contributed by atoms with Crippen molar-refractivity contribution in [1.29, 1.82) is 0 Å². The van der Waals surface area contributed by atoms with Crippen molar-refractivity contribution in [2.45, 2.75) is 38.5 Å². The van der Waals surface area contributed by atoms with Crippen LogP contribution in [-0.2, 0) is 4.79 Å². The number of ketones is 1. The topological polar surface area (TPSA) is 17.1 Å². The summed E-state index contributed by atoms with van der Waals surface area (Å²) >= 11 is 5.79. The first-order chi connectivity index (χ1) is 5.18. The van der Waals surface area contributed by atoms with Crippen LogP contribution in [0.5, 0.6) is 0 Å². The lowest BCUT2D eigenvalue weighted by atomic mass is 9.84. The van der Waals surface area contributed by atoms with Crippen LogP contribution in [-0.4, -0.2) is 11.2 Å². The molecule has 0 aliphatic heterocycles. The molecule has 0 aromatic heterocycles. The van der Waals surface area contributed by atoms with Crippen LogP contribution >= 0.6 is 11.6 Å². The number of hydrogen-bond acceptors (Lipinski definition) is 1. The Hall–Kier alpha value is -0.300. The fourth-order valence-corrected chi connectivity index (χ4v) is 1.74. The normalized spacial score (nSPS) is 23.9. The first kappa shape index (κ1) is 8.79. The fraction of sp³-hybridized carbons (Fsp3) is 0.667. The predicted octanol–water partition coefficient (Wildman–Crippen LogP) is 2.68. The van der Waals surface area contributed by atoms with Crippen molar-refractivity contribution in [3.05, 3.63) is 11.1 Å². The summed E-state index contributed by atoms with van der Waals surface area (Å²) in [5.41, 5.74) is 2.07. The number of halogens is 1. The molecule has 0 bridgehead atoms. The van der Waals surface area contributed by atoms with Gasteiger partial charge < -0.3 is 0 Å². The lowest BCUT2D eigenvalue weighted by Gasteiger charge is -2.25. The van der Waals surface area contributed by atoms with Crippen molar-refractivity contribution in [2.75, 3.05) is 0 Å². The summed E-state index contributed by atoms with van der Waals surface area (Å²) in [6.07, 6.45) is 3.31. The third-order valence-electron chi connectivity index (χ3n) is 2.19. The zero-order chi connectivity index (χ0) is 8.43. The van der Waals surface area contributed by atoms with Crippen molar-refractivity contribution in [3.8, 4) is 0 Å². The Bertz CT molecular complexity index is 206. The Kier molecular flexibility index (Phi) is 2.72.